The van der Waals surface area contributed by atoms with E-state index in [9.17, 15) is 4.39 Å². The van der Waals surface area contributed by atoms with Gasteiger partial charge in [-0.2, -0.15) is 0 Å². The molecule has 0 aromatic heterocycles. The molecule has 0 spiro atoms. The van der Waals surface area contributed by atoms with E-state index in [2.05, 4.69) is 15.9 Å². The molecule has 1 aromatic carbocycles. The molecule has 0 amide bonds. The molecule has 1 aromatic rings. The molecule has 0 unspecified atom stereocenters. The smallest absolute Gasteiger partial charge is 0.130 e. The van der Waals surface area contributed by atoms with E-state index >= 15 is 0 Å². The lowest BCUT2D eigenvalue weighted by atomic mass is 9.95. The summed E-state index contributed by atoms with van der Waals surface area (Å²) >= 11 is 3.29. The second-order valence-electron chi connectivity index (χ2n) is 4.31. The number of rotatable bonds is 2. The molecule has 3 heteroatoms. The molecule has 78 valence electrons. The van der Waals surface area contributed by atoms with Gasteiger partial charge < -0.3 is 5.73 Å². The first kappa shape index (κ1) is 11.7. The summed E-state index contributed by atoms with van der Waals surface area (Å²) in [5.74, 6) is -0.155. The molecule has 0 aliphatic rings. The van der Waals surface area contributed by atoms with Crippen LogP contribution in [0.5, 0.6) is 0 Å². The summed E-state index contributed by atoms with van der Waals surface area (Å²) in [4.78, 5) is 0. The molecule has 0 radical (unpaired) electrons. The Morgan fingerprint density at radius 3 is 2.50 bits per heavy atom. The Labute approximate surface area is 92.6 Å². The number of benzene rings is 1. The first-order chi connectivity index (χ1) is 6.31. The van der Waals surface area contributed by atoms with Gasteiger partial charge >= 0.3 is 0 Å². The predicted octanol–water partition coefficient (Wildman–Crippen LogP) is 3.18. The summed E-state index contributed by atoms with van der Waals surface area (Å²) in [6, 6.07) is 3.64. The van der Waals surface area contributed by atoms with Crippen LogP contribution in [0.3, 0.4) is 0 Å². The second-order valence-corrected chi connectivity index (χ2v) is 5.17. The van der Waals surface area contributed by atoms with Gasteiger partial charge in [0.05, 0.1) is 0 Å². The Morgan fingerprint density at radius 2 is 2.00 bits per heavy atom. The van der Waals surface area contributed by atoms with Crippen molar-refractivity contribution in [1.29, 1.82) is 0 Å². The molecule has 0 heterocycles. The van der Waals surface area contributed by atoms with Crippen molar-refractivity contribution in [3.05, 3.63) is 33.5 Å². The number of hydrogen-bond acceptors (Lipinski definition) is 1. The van der Waals surface area contributed by atoms with Crippen LogP contribution >= 0.6 is 15.9 Å². The van der Waals surface area contributed by atoms with Crippen LogP contribution in [0.25, 0.3) is 0 Å². The van der Waals surface area contributed by atoms with Crippen molar-refractivity contribution in [2.75, 3.05) is 0 Å². The maximum atomic E-state index is 13.7. The minimum Gasteiger partial charge on any atom is -0.325 e. The Kier molecular flexibility index (Phi) is 3.32. The van der Waals surface area contributed by atoms with Crippen molar-refractivity contribution in [3.63, 3.8) is 0 Å². The van der Waals surface area contributed by atoms with Gasteiger partial charge in [-0.3, -0.25) is 0 Å². The minimum atomic E-state index is -0.374. The monoisotopic (exact) mass is 259 g/mol. The zero-order valence-electron chi connectivity index (χ0n) is 8.70. The van der Waals surface area contributed by atoms with Gasteiger partial charge in [0.1, 0.15) is 5.82 Å². The zero-order chi connectivity index (χ0) is 10.9. The molecule has 1 rings (SSSR count). The van der Waals surface area contributed by atoms with Crippen LogP contribution in [0.2, 0.25) is 0 Å². The molecule has 0 atom stereocenters. The van der Waals surface area contributed by atoms with Gasteiger partial charge in [-0.05, 0) is 44.4 Å². The van der Waals surface area contributed by atoms with E-state index in [0.717, 1.165) is 4.47 Å². The number of hydrogen-bond donors (Lipinski definition) is 1. The van der Waals surface area contributed by atoms with Gasteiger partial charge in [0.15, 0.2) is 0 Å². The highest BCUT2D eigenvalue weighted by Crippen LogP contribution is 2.23. The lowest BCUT2D eigenvalue weighted by Gasteiger charge is -2.19. The average molecular weight is 260 g/mol. The molecule has 1 nitrogen and oxygen atoms in total. The lowest BCUT2D eigenvalue weighted by Crippen LogP contribution is -2.34. The van der Waals surface area contributed by atoms with Crippen molar-refractivity contribution in [2.45, 2.75) is 32.7 Å². The summed E-state index contributed by atoms with van der Waals surface area (Å²) in [6.07, 6.45) is 0.549. The maximum Gasteiger partial charge on any atom is 0.130 e. The Bertz CT molecular complexity index is 342. The molecular weight excluding hydrogens is 245 g/mol. The third-order valence-corrected chi connectivity index (χ3v) is 2.91. The number of nitrogens with two attached hydrogens (primary N) is 1. The van der Waals surface area contributed by atoms with Crippen LogP contribution in [0, 0.1) is 12.7 Å². The Morgan fingerprint density at radius 1 is 1.43 bits per heavy atom. The lowest BCUT2D eigenvalue weighted by molar-refractivity contribution is 0.495. The standard InChI is InChI=1S/C11H15BrFN/c1-7-9(12)5-4-8(10(7)13)6-11(2,3)14/h4-5H,6,14H2,1-3H3. The molecule has 2 N–H and O–H groups in total. The van der Waals surface area contributed by atoms with E-state index in [4.69, 9.17) is 5.73 Å². The molecule has 0 saturated carbocycles. The van der Waals surface area contributed by atoms with E-state index in [1.165, 1.54) is 0 Å². The summed E-state index contributed by atoms with van der Waals surface area (Å²) in [5.41, 5.74) is 6.80. The average Bonchev–Trinajstić information content (AvgIpc) is 2.04. The fraction of sp³-hybridized carbons (Fsp3) is 0.455. The van der Waals surface area contributed by atoms with E-state index < -0.39 is 0 Å². The van der Waals surface area contributed by atoms with Crippen LogP contribution < -0.4 is 5.73 Å². The van der Waals surface area contributed by atoms with Crippen LogP contribution in [-0.2, 0) is 6.42 Å². The first-order valence-corrected chi connectivity index (χ1v) is 5.33. The summed E-state index contributed by atoms with van der Waals surface area (Å²) in [5, 5.41) is 0. The van der Waals surface area contributed by atoms with Gasteiger partial charge in [0, 0.05) is 10.0 Å². The molecular formula is C11H15BrFN. The van der Waals surface area contributed by atoms with Crippen LogP contribution in [0.15, 0.2) is 16.6 Å². The Hall–Kier alpha value is -0.410. The molecule has 14 heavy (non-hydrogen) atoms. The van der Waals surface area contributed by atoms with E-state index in [1.54, 1.807) is 13.0 Å². The quantitative estimate of drug-likeness (QED) is 0.868. The second kappa shape index (κ2) is 3.99. The molecule has 0 bridgehead atoms. The summed E-state index contributed by atoms with van der Waals surface area (Å²) in [7, 11) is 0. The highest BCUT2D eigenvalue weighted by molar-refractivity contribution is 9.10. The fourth-order valence-electron chi connectivity index (χ4n) is 1.34. The normalized spacial score (nSPS) is 11.9. The Balaban J connectivity index is 3.06. The van der Waals surface area contributed by atoms with Gasteiger partial charge in [-0.15, -0.1) is 0 Å². The van der Waals surface area contributed by atoms with Gasteiger partial charge in [-0.25, -0.2) is 4.39 Å². The van der Waals surface area contributed by atoms with Gasteiger partial charge in [0.25, 0.3) is 0 Å². The van der Waals surface area contributed by atoms with Crippen LogP contribution in [0.4, 0.5) is 4.39 Å². The van der Waals surface area contributed by atoms with E-state index in [-0.39, 0.29) is 11.4 Å². The summed E-state index contributed by atoms with van der Waals surface area (Å²) < 4.78 is 14.5. The SMILES string of the molecule is Cc1c(Br)ccc(CC(C)(C)N)c1F. The van der Waals surface area contributed by atoms with Crippen molar-refractivity contribution in [3.8, 4) is 0 Å². The predicted molar refractivity (Wildman–Crippen MR) is 60.8 cm³/mol. The van der Waals surface area contributed by atoms with Gasteiger partial charge in [-0.1, -0.05) is 22.0 Å². The third kappa shape index (κ3) is 2.79. The molecule has 0 fully saturated rings. The van der Waals surface area contributed by atoms with Crippen LogP contribution in [0.1, 0.15) is 25.0 Å². The highest BCUT2D eigenvalue weighted by atomic mass is 79.9. The molecule has 0 saturated heterocycles. The maximum absolute atomic E-state index is 13.7. The third-order valence-electron chi connectivity index (χ3n) is 2.05. The van der Waals surface area contributed by atoms with Crippen LogP contribution in [-0.4, -0.2) is 5.54 Å². The minimum absolute atomic E-state index is 0.155. The first-order valence-electron chi connectivity index (χ1n) is 4.53. The number of halogens is 2. The topological polar surface area (TPSA) is 26.0 Å². The highest BCUT2D eigenvalue weighted by Gasteiger charge is 2.16. The summed E-state index contributed by atoms with van der Waals surface area (Å²) in [6.45, 7) is 5.54. The molecule has 0 aliphatic carbocycles. The van der Waals surface area contributed by atoms with Crippen molar-refractivity contribution >= 4 is 15.9 Å². The zero-order valence-corrected chi connectivity index (χ0v) is 10.3. The van der Waals surface area contributed by atoms with E-state index in [1.807, 2.05) is 19.9 Å². The van der Waals surface area contributed by atoms with E-state index in [0.29, 0.717) is 17.5 Å². The van der Waals surface area contributed by atoms with Crippen molar-refractivity contribution in [1.82, 2.24) is 0 Å². The fourth-order valence-corrected chi connectivity index (χ4v) is 1.65. The van der Waals surface area contributed by atoms with Crippen molar-refractivity contribution in [2.24, 2.45) is 5.73 Å². The largest absolute Gasteiger partial charge is 0.325 e. The van der Waals surface area contributed by atoms with Gasteiger partial charge in [0.2, 0.25) is 0 Å². The van der Waals surface area contributed by atoms with Crippen molar-refractivity contribution < 1.29 is 4.39 Å². The molecule has 0 aliphatic heterocycles.